The molecular weight excluding hydrogens is 190 g/mol. The molecule has 0 aliphatic heterocycles. The Morgan fingerprint density at radius 3 is 3.43 bits per heavy atom. The zero-order chi connectivity index (χ0) is 9.80. The molecule has 2 rings (SSSR count). The van der Waals surface area contributed by atoms with Crippen molar-refractivity contribution in [1.82, 2.24) is 5.32 Å². The fourth-order valence-corrected chi connectivity index (χ4v) is 3.05. The van der Waals surface area contributed by atoms with Crippen molar-refractivity contribution in [3.63, 3.8) is 0 Å². The largest absolute Gasteiger partial charge is 0.310 e. The number of hydrogen-bond acceptors (Lipinski definition) is 2. The van der Waals surface area contributed by atoms with Gasteiger partial charge in [-0.15, -0.1) is 17.9 Å². The summed E-state index contributed by atoms with van der Waals surface area (Å²) in [5.74, 6) is 0. The lowest BCUT2D eigenvalue weighted by atomic mass is 9.94. The fourth-order valence-electron chi connectivity index (χ4n) is 2.06. The molecule has 0 saturated heterocycles. The van der Waals surface area contributed by atoms with E-state index in [0.717, 1.165) is 13.0 Å². The van der Waals surface area contributed by atoms with Crippen LogP contribution in [0.15, 0.2) is 24.1 Å². The Bertz CT molecular complexity index is 303. The van der Waals surface area contributed by atoms with Gasteiger partial charge in [-0.1, -0.05) is 6.08 Å². The minimum Gasteiger partial charge on any atom is -0.310 e. The molecule has 0 radical (unpaired) electrons. The maximum Gasteiger partial charge on any atom is 0.0331 e. The average molecular weight is 207 g/mol. The van der Waals surface area contributed by atoms with Gasteiger partial charge in [0.05, 0.1) is 0 Å². The van der Waals surface area contributed by atoms with Crippen LogP contribution in [-0.2, 0) is 6.42 Å². The lowest BCUT2D eigenvalue weighted by Crippen LogP contribution is -2.24. The minimum absolute atomic E-state index is 0.602. The number of fused-ring (bicyclic) bond motifs is 1. The Morgan fingerprint density at radius 1 is 1.64 bits per heavy atom. The Kier molecular flexibility index (Phi) is 3.38. The molecule has 1 unspecified atom stereocenters. The van der Waals surface area contributed by atoms with Crippen molar-refractivity contribution in [2.24, 2.45) is 0 Å². The van der Waals surface area contributed by atoms with E-state index in [0.29, 0.717) is 6.04 Å². The van der Waals surface area contributed by atoms with Crippen molar-refractivity contribution in [3.8, 4) is 0 Å². The summed E-state index contributed by atoms with van der Waals surface area (Å²) in [5, 5.41) is 5.82. The third-order valence-corrected chi connectivity index (χ3v) is 3.79. The van der Waals surface area contributed by atoms with Crippen LogP contribution in [0.2, 0.25) is 0 Å². The molecule has 1 aliphatic rings. The summed E-state index contributed by atoms with van der Waals surface area (Å²) < 4.78 is 0. The smallest absolute Gasteiger partial charge is 0.0331 e. The van der Waals surface area contributed by atoms with Gasteiger partial charge >= 0.3 is 0 Å². The molecule has 0 bridgehead atoms. The van der Waals surface area contributed by atoms with Gasteiger partial charge in [-0.3, -0.25) is 0 Å². The summed E-state index contributed by atoms with van der Waals surface area (Å²) in [6, 6.07) is 2.88. The van der Waals surface area contributed by atoms with Crippen LogP contribution in [0.5, 0.6) is 0 Å². The van der Waals surface area contributed by atoms with E-state index in [9.17, 15) is 0 Å². The Hall–Kier alpha value is -0.600. The third kappa shape index (κ3) is 2.07. The Balaban J connectivity index is 1.98. The summed E-state index contributed by atoms with van der Waals surface area (Å²) in [4.78, 5) is 1.59. The lowest BCUT2D eigenvalue weighted by molar-refractivity contribution is 0.469. The second-order valence-corrected chi connectivity index (χ2v) is 4.78. The van der Waals surface area contributed by atoms with Crippen LogP contribution >= 0.6 is 11.3 Å². The van der Waals surface area contributed by atoms with E-state index in [-0.39, 0.29) is 0 Å². The first-order valence-electron chi connectivity index (χ1n) is 5.32. The normalized spacial score (nSPS) is 20.4. The second-order valence-electron chi connectivity index (χ2n) is 3.78. The van der Waals surface area contributed by atoms with Crippen molar-refractivity contribution in [2.45, 2.75) is 31.7 Å². The molecule has 0 aromatic carbocycles. The molecule has 14 heavy (non-hydrogen) atoms. The zero-order valence-corrected chi connectivity index (χ0v) is 9.28. The third-order valence-electron chi connectivity index (χ3n) is 2.79. The summed E-state index contributed by atoms with van der Waals surface area (Å²) in [6.45, 7) is 4.80. The van der Waals surface area contributed by atoms with Gasteiger partial charge in [-0.2, -0.15) is 0 Å². The summed E-state index contributed by atoms with van der Waals surface area (Å²) >= 11 is 1.91. The van der Waals surface area contributed by atoms with E-state index in [2.05, 4.69) is 23.3 Å². The van der Waals surface area contributed by atoms with Crippen LogP contribution in [0.25, 0.3) is 0 Å². The van der Waals surface area contributed by atoms with Crippen LogP contribution in [-0.4, -0.2) is 6.54 Å². The highest BCUT2D eigenvalue weighted by Gasteiger charge is 2.19. The van der Waals surface area contributed by atoms with Gasteiger partial charge in [0.25, 0.3) is 0 Å². The van der Waals surface area contributed by atoms with Crippen molar-refractivity contribution in [2.75, 3.05) is 6.54 Å². The van der Waals surface area contributed by atoms with Crippen molar-refractivity contribution in [1.29, 1.82) is 0 Å². The molecule has 0 amide bonds. The summed E-state index contributed by atoms with van der Waals surface area (Å²) in [7, 11) is 0. The molecule has 1 nitrogen and oxygen atoms in total. The standard InChI is InChI=1S/C12H17NS/c1-2-3-8-13-11-5-4-6-12-10(11)7-9-14-12/h2,7,9,11,13H,1,3-6,8H2. The maximum atomic E-state index is 3.74. The van der Waals surface area contributed by atoms with E-state index in [4.69, 9.17) is 0 Å². The van der Waals surface area contributed by atoms with Gasteiger partial charge in [-0.05, 0) is 49.2 Å². The number of rotatable bonds is 4. The number of thiophene rings is 1. The zero-order valence-electron chi connectivity index (χ0n) is 8.46. The van der Waals surface area contributed by atoms with Crippen molar-refractivity contribution < 1.29 is 0 Å². The van der Waals surface area contributed by atoms with Gasteiger partial charge in [0.2, 0.25) is 0 Å². The van der Waals surface area contributed by atoms with E-state index >= 15 is 0 Å². The van der Waals surface area contributed by atoms with Gasteiger partial charge in [0, 0.05) is 10.9 Å². The summed E-state index contributed by atoms with van der Waals surface area (Å²) in [5.41, 5.74) is 1.55. The highest BCUT2D eigenvalue weighted by atomic mass is 32.1. The van der Waals surface area contributed by atoms with Crippen molar-refractivity contribution >= 4 is 11.3 Å². The predicted octanol–water partition coefficient (Wildman–Crippen LogP) is 3.29. The molecule has 2 heteroatoms. The fraction of sp³-hybridized carbons (Fsp3) is 0.500. The Labute approximate surface area is 89.8 Å². The molecule has 1 aromatic heterocycles. The first kappa shape index (κ1) is 9.94. The first-order chi connectivity index (χ1) is 6.92. The Morgan fingerprint density at radius 2 is 2.57 bits per heavy atom. The molecule has 76 valence electrons. The molecule has 1 aromatic rings. The highest BCUT2D eigenvalue weighted by molar-refractivity contribution is 7.10. The minimum atomic E-state index is 0.602. The number of hydrogen-bond donors (Lipinski definition) is 1. The van der Waals surface area contributed by atoms with Gasteiger partial charge < -0.3 is 5.32 Å². The van der Waals surface area contributed by atoms with Gasteiger partial charge in [0.15, 0.2) is 0 Å². The second kappa shape index (κ2) is 4.76. The topological polar surface area (TPSA) is 12.0 Å². The summed E-state index contributed by atoms with van der Waals surface area (Å²) in [6.07, 6.45) is 6.95. The lowest BCUT2D eigenvalue weighted by Gasteiger charge is -2.23. The van der Waals surface area contributed by atoms with E-state index in [1.165, 1.54) is 19.3 Å². The molecule has 1 N–H and O–H groups in total. The average Bonchev–Trinajstić information content (AvgIpc) is 2.67. The monoisotopic (exact) mass is 207 g/mol. The van der Waals surface area contributed by atoms with Gasteiger partial charge in [-0.25, -0.2) is 0 Å². The maximum absolute atomic E-state index is 3.74. The van der Waals surface area contributed by atoms with Crippen LogP contribution in [0, 0.1) is 0 Å². The van der Waals surface area contributed by atoms with Crippen molar-refractivity contribution in [3.05, 3.63) is 34.5 Å². The number of nitrogens with one attached hydrogen (secondary N) is 1. The molecule has 0 fully saturated rings. The molecule has 0 spiro atoms. The predicted molar refractivity (Wildman–Crippen MR) is 62.8 cm³/mol. The van der Waals surface area contributed by atoms with Crippen LogP contribution in [0.3, 0.4) is 0 Å². The van der Waals surface area contributed by atoms with E-state index < -0.39 is 0 Å². The molecule has 1 heterocycles. The van der Waals surface area contributed by atoms with E-state index in [1.807, 2.05) is 17.4 Å². The van der Waals surface area contributed by atoms with E-state index in [1.54, 1.807) is 10.4 Å². The molecular formula is C12H17NS. The van der Waals surface area contributed by atoms with Crippen LogP contribution in [0.1, 0.15) is 35.7 Å². The highest BCUT2D eigenvalue weighted by Crippen LogP contribution is 2.32. The van der Waals surface area contributed by atoms with Crippen LogP contribution < -0.4 is 5.32 Å². The first-order valence-corrected chi connectivity index (χ1v) is 6.20. The molecule has 1 aliphatic carbocycles. The SMILES string of the molecule is C=CCCNC1CCCc2sccc21. The number of aryl methyl sites for hydroxylation is 1. The molecule has 1 atom stereocenters. The quantitative estimate of drug-likeness (QED) is 0.590. The van der Waals surface area contributed by atoms with Crippen LogP contribution in [0.4, 0.5) is 0 Å². The molecule has 0 saturated carbocycles. The van der Waals surface area contributed by atoms with Gasteiger partial charge in [0.1, 0.15) is 0 Å².